The normalized spacial score (nSPS) is 18.9. The van der Waals surface area contributed by atoms with Gasteiger partial charge in [-0.2, -0.15) is 5.10 Å². The summed E-state index contributed by atoms with van der Waals surface area (Å²) in [6.45, 7) is 2.80. The topological polar surface area (TPSA) is 67.2 Å². The molecule has 1 aromatic carbocycles. The Morgan fingerprint density at radius 3 is 2.43 bits per heavy atom. The Balaban J connectivity index is 1.24. The van der Waals surface area contributed by atoms with Gasteiger partial charge in [-0.05, 0) is 44.7 Å². The highest BCUT2D eigenvalue weighted by atomic mass is 16.2. The van der Waals surface area contributed by atoms with Gasteiger partial charge in [0, 0.05) is 24.1 Å². The fourth-order valence-electron chi connectivity index (χ4n) is 4.78. The molecule has 0 atom stereocenters. The van der Waals surface area contributed by atoms with Crippen molar-refractivity contribution in [3.05, 3.63) is 48.2 Å². The van der Waals surface area contributed by atoms with E-state index in [2.05, 4.69) is 15.3 Å². The third-order valence-corrected chi connectivity index (χ3v) is 6.52. The first-order valence-electron chi connectivity index (χ1n) is 11.3. The average molecular weight is 409 g/mol. The standard InChI is InChI=1S/C24H32N4O2/c29-23(26-22-11-14-25-28(22)17-19-7-3-1-4-8-19)18-27-15-12-21(13-16-27)24(30)20-9-5-2-6-10-20/h2,5-6,9-11,14,19,21H,1,3-4,7-8,12-13,15-18H2,(H,26,29). The van der Waals surface area contributed by atoms with Crippen LogP contribution in [-0.2, 0) is 11.3 Å². The molecule has 1 N–H and O–H groups in total. The summed E-state index contributed by atoms with van der Waals surface area (Å²) < 4.78 is 1.94. The molecule has 0 spiro atoms. The van der Waals surface area contributed by atoms with Crippen LogP contribution in [0.1, 0.15) is 55.3 Å². The van der Waals surface area contributed by atoms with Crippen molar-refractivity contribution in [1.82, 2.24) is 14.7 Å². The Bertz CT molecular complexity index is 834. The lowest BCUT2D eigenvalue weighted by atomic mass is 9.89. The molecule has 2 fully saturated rings. The fraction of sp³-hybridized carbons (Fsp3) is 0.542. The minimum atomic E-state index is -0.00627. The van der Waals surface area contributed by atoms with Gasteiger partial charge in [0.25, 0.3) is 0 Å². The summed E-state index contributed by atoms with van der Waals surface area (Å²) in [5.41, 5.74) is 0.792. The van der Waals surface area contributed by atoms with Crippen molar-refractivity contribution in [3.63, 3.8) is 0 Å². The van der Waals surface area contributed by atoms with Crippen LogP contribution in [0.4, 0.5) is 5.82 Å². The molecule has 1 saturated carbocycles. The van der Waals surface area contributed by atoms with Gasteiger partial charge in [0.05, 0.1) is 12.7 Å². The van der Waals surface area contributed by atoms with E-state index < -0.39 is 0 Å². The van der Waals surface area contributed by atoms with Crippen LogP contribution in [0.3, 0.4) is 0 Å². The number of nitrogens with one attached hydrogen (secondary N) is 1. The molecule has 1 aliphatic heterocycles. The summed E-state index contributed by atoms with van der Waals surface area (Å²) in [6, 6.07) is 11.4. The van der Waals surface area contributed by atoms with E-state index in [9.17, 15) is 9.59 Å². The molecule has 1 aromatic heterocycles. The van der Waals surface area contributed by atoms with E-state index in [4.69, 9.17) is 0 Å². The van der Waals surface area contributed by atoms with Crippen molar-refractivity contribution in [2.75, 3.05) is 25.0 Å². The average Bonchev–Trinajstić information content (AvgIpc) is 3.21. The number of ketones is 1. The van der Waals surface area contributed by atoms with Crippen molar-refractivity contribution in [2.24, 2.45) is 11.8 Å². The molecule has 30 heavy (non-hydrogen) atoms. The maximum atomic E-state index is 12.6. The third kappa shape index (κ3) is 5.36. The first-order valence-corrected chi connectivity index (χ1v) is 11.3. The molecule has 4 rings (SSSR count). The summed E-state index contributed by atoms with van der Waals surface area (Å²) in [4.78, 5) is 27.4. The molecule has 1 saturated heterocycles. The van der Waals surface area contributed by atoms with E-state index in [-0.39, 0.29) is 17.6 Å². The molecule has 2 heterocycles. The number of carbonyl (C=O) groups excluding carboxylic acids is 2. The van der Waals surface area contributed by atoms with Gasteiger partial charge < -0.3 is 5.32 Å². The Morgan fingerprint density at radius 2 is 1.70 bits per heavy atom. The molecule has 0 radical (unpaired) electrons. The highest BCUT2D eigenvalue weighted by Gasteiger charge is 2.26. The lowest BCUT2D eigenvalue weighted by molar-refractivity contribution is -0.117. The highest BCUT2D eigenvalue weighted by molar-refractivity contribution is 5.98. The number of amides is 1. The number of carbonyl (C=O) groups is 2. The quantitative estimate of drug-likeness (QED) is 0.703. The number of benzene rings is 1. The number of Topliss-reactive ketones (excluding diaryl/α,β-unsaturated/α-hetero) is 1. The second kappa shape index (κ2) is 10.0. The molecule has 2 aliphatic rings. The number of piperidine rings is 1. The van der Waals surface area contributed by atoms with E-state index in [0.29, 0.717) is 12.5 Å². The second-order valence-corrected chi connectivity index (χ2v) is 8.73. The smallest absolute Gasteiger partial charge is 0.239 e. The lowest BCUT2D eigenvalue weighted by Gasteiger charge is -2.30. The molecule has 2 aromatic rings. The summed E-state index contributed by atoms with van der Waals surface area (Å²) in [7, 11) is 0. The van der Waals surface area contributed by atoms with E-state index in [0.717, 1.165) is 43.9 Å². The van der Waals surface area contributed by atoms with Gasteiger partial charge in [-0.3, -0.25) is 14.5 Å². The molecular weight excluding hydrogens is 376 g/mol. The zero-order valence-electron chi connectivity index (χ0n) is 17.6. The van der Waals surface area contributed by atoms with Crippen LogP contribution in [0.5, 0.6) is 0 Å². The van der Waals surface area contributed by atoms with Crippen molar-refractivity contribution < 1.29 is 9.59 Å². The summed E-state index contributed by atoms with van der Waals surface area (Å²) >= 11 is 0. The van der Waals surface area contributed by atoms with Gasteiger partial charge in [0.1, 0.15) is 5.82 Å². The largest absolute Gasteiger partial charge is 0.310 e. The van der Waals surface area contributed by atoms with Crippen LogP contribution in [0.2, 0.25) is 0 Å². The summed E-state index contributed by atoms with van der Waals surface area (Å²) in [5.74, 6) is 1.73. The van der Waals surface area contributed by atoms with E-state index in [1.807, 2.05) is 41.1 Å². The molecule has 6 nitrogen and oxygen atoms in total. The van der Waals surface area contributed by atoms with Crippen molar-refractivity contribution in [1.29, 1.82) is 0 Å². The van der Waals surface area contributed by atoms with E-state index in [1.54, 1.807) is 6.20 Å². The maximum Gasteiger partial charge on any atom is 0.239 e. The predicted octanol–water partition coefficient (Wildman–Crippen LogP) is 4.00. The number of nitrogens with zero attached hydrogens (tertiary/aromatic N) is 3. The van der Waals surface area contributed by atoms with Crippen molar-refractivity contribution in [2.45, 2.75) is 51.5 Å². The zero-order chi connectivity index (χ0) is 20.8. The van der Waals surface area contributed by atoms with Crippen LogP contribution >= 0.6 is 0 Å². The van der Waals surface area contributed by atoms with E-state index >= 15 is 0 Å². The maximum absolute atomic E-state index is 12.6. The summed E-state index contributed by atoms with van der Waals surface area (Å²) in [5, 5.41) is 7.46. The Morgan fingerprint density at radius 1 is 0.967 bits per heavy atom. The third-order valence-electron chi connectivity index (χ3n) is 6.52. The highest BCUT2D eigenvalue weighted by Crippen LogP contribution is 2.26. The minimum absolute atomic E-state index is 0.00627. The number of likely N-dealkylation sites (tertiary alicyclic amines) is 1. The van der Waals surface area contributed by atoms with Crippen molar-refractivity contribution in [3.8, 4) is 0 Å². The van der Waals surface area contributed by atoms with Crippen molar-refractivity contribution >= 4 is 17.5 Å². The number of anilines is 1. The molecule has 0 bridgehead atoms. The van der Waals surface area contributed by atoms with Crippen LogP contribution < -0.4 is 5.32 Å². The SMILES string of the molecule is O=C(CN1CCC(C(=O)c2ccccc2)CC1)Nc1ccnn1CC1CCCCC1. The van der Waals surface area contributed by atoms with Crippen LogP contribution in [-0.4, -0.2) is 46.0 Å². The first kappa shape index (κ1) is 20.8. The van der Waals surface area contributed by atoms with Crippen LogP contribution in [0, 0.1) is 11.8 Å². The molecule has 1 amide bonds. The van der Waals surface area contributed by atoms with E-state index in [1.165, 1.54) is 32.1 Å². The minimum Gasteiger partial charge on any atom is -0.310 e. The predicted molar refractivity (Wildman–Crippen MR) is 117 cm³/mol. The van der Waals surface area contributed by atoms with Gasteiger partial charge in [0.2, 0.25) is 5.91 Å². The van der Waals surface area contributed by atoms with Crippen LogP contribution in [0.15, 0.2) is 42.6 Å². The number of rotatable bonds is 7. The lowest BCUT2D eigenvalue weighted by Crippen LogP contribution is -2.41. The molecule has 0 unspecified atom stereocenters. The Labute approximate surface area is 178 Å². The van der Waals surface area contributed by atoms with Gasteiger partial charge in [-0.1, -0.05) is 49.6 Å². The second-order valence-electron chi connectivity index (χ2n) is 8.73. The summed E-state index contributed by atoms with van der Waals surface area (Å²) in [6.07, 6.45) is 9.83. The molecule has 160 valence electrons. The van der Waals surface area contributed by atoms with Crippen LogP contribution in [0.25, 0.3) is 0 Å². The van der Waals surface area contributed by atoms with Gasteiger partial charge in [0.15, 0.2) is 5.78 Å². The fourth-order valence-corrected chi connectivity index (χ4v) is 4.78. The number of hydrogen-bond acceptors (Lipinski definition) is 4. The molecular formula is C24H32N4O2. The first-order chi connectivity index (χ1) is 14.7. The van der Waals surface area contributed by atoms with Gasteiger partial charge in [-0.15, -0.1) is 0 Å². The van der Waals surface area contributed by atoms with Gasteiger partial charge in [-0.25, -0.2) is 4.68 Å². The number of hydrogen-bond donors (Lipinski definition) is 1. The Kier molecular flexibility index (Phi) is 6.95. The zero-order valence-corrected chi connectivity index (χ0v) is 17.6. The van der Waals surface area contributed by atoms with Gasteiger partial charge >= 0.3 is 0 Å². The number of aromatic nitrogens is 2. The molecule has 1 aliphatic carbocycles. The monoisotopic (exact) mass is 408 g/mol. The molecule has 6 heteroatoms. The Hall–Kier alpha value is -2.47.